The van der Waals surface area contributed by atoms with Crippen molar-refractivity contribution in [3.63, 3.8) is 0 Å². The Kier molecular flexibility index (Phi) is 5.40. The summed E-state index contributed by atoms with van der Waals surface area (Å²) in [5.41, 5.74) is -0.762. The van der Waals surface area contributed by atoms with Crippen molar-refractivity contribution < 1.29 is 19.4 Å². The molecule has 0 radical (unpaired) electrons. The predicted octanol–water partition coefficient (Wildman–Crippen LogP) is 1.95. The minimum absolute atomic E-state index is 0.0467. The lowest BCUT2D eigenvalue weighted by molar-refractivity contribution is -0.150. The Morgan fingerprint density at radius 1 is 1.15 bits per heavy atom. The van der Waals surface area contributed by atoms with Gasteiger partial charge in [-0.1, -0.05) is 25.7 Å². The molecule has 0 aromatic carbocycles. The van der Waals surface area contributed by atoms with E-state index in [1.807, 2.05) is 0 Å². The highest BCUT2D eigenvalue weighted by Crippen LogP contribution is 2.35. The number of amides is 1. The molecule has 0 spiro atoms. The second kappa shape index (κ2) is 7.07. The van der Waals surface area contributed by atoms with E-state index in [-0.39, 0.29) is 18.4 Å². The van der Waals surface area contributed by atoms with Crippen molar-refractivity contribution >= 4 is 11.9 Å². The first-order valence-electron chi connectivity index (χ1n) is 7.73. The van der Waals surface area contributed by atoms with Crippen molar-refractivity contribution in [3.8, 4) is 0 Å². The number of carbonyl (C=O) groups excluding carboxylic acids is 1. The molecule has 2 N–H and O–H groups in total. The van der Waals surface area contributed by atoms with Gasteiger partial charge >= 0.3 is 5.97 Å². The minimum atomic E-state index is -0.764. The van der Waals surface area contributed by atoms with E-state index >= 15 is 0 Å². The van der Waals surface area contributed by atoms with Crippen molar-refractivity contribution in [3.05, 3.63) is 0 Å². The van der Waals surface area contributed by atoms with Gasteiger partial charge in [0.15, 0.2) is 0 Å². The molecule has 1 atom stereocenters. The van der Waals surface area contributed by atoms with Gasteiger partial charge in [0.25, 0.3) is 0 Å². The fourth-order valence-electron chi connectivity index (χ4n) is 3.22. The van der Waals surface area contributed by atoms with E-state index in [2.05, 4.69) is 5.32 Å². The molecule has 0 aromatic rings. The molecule has 20 heavy (non-hydrogen) atoms. The lowest BCUT2D eigenvalue weighted by Gasteiger charge is -2.29. The van der Waals surface area contributed by atoms with Crippen molar-refractivity contribution in [1.82, 2.24) is 5.32 Å². The molecule has 2 rings (SSSR count). The first-order valence-corrected chi connectivity index (χ1v) is 7.73. The van der Waals surface area contributed by atoms with E-state index < -0.39 is 11.4 Å². The van der Waals surface area contributed by atoms with E-state index in [1.54, 1.807) is 0 Å². The zero-order chi connectivity index (χ0) is 14.4. The van der Waals surface area contributed by atoms with Crippen LogP contribution in [0.25, 0.3) is 0 Å². The number of aliphatic carboxylic acids is 1. The number of rotatable bonds is 4. The summed E-state index contributed by atoms with van der Waals surface area (Å²) in [6.07, 6.45) is 7.16. The average Bonchev–Trinajstić information content (AvgIpc) is 2.72. The van der Waals surface area contributed by atoms with Crippen LogP contribution < -0.4 is 5.32 Å². The van der Waals surface area contributed by atoms with E-state index in [0.717, 1.165) is 45.1 Å². The van der Waals surface area contributed by atoms with Crippen molar-refractivity contribution in [2.24, 2.45) is 11.3 Å². The molecule has 0 bridgehead atoms. The number of hydrogen-bond acceptors (Lipinski definition) is 3. The number of carboxylic acids is 1. The number of carboxylic acid groups (broad SMARTS) is 1. The fourth-order valence-corrected chi connectivity index (χ4v) is 3.22. The van der Waals surface area contributed by atoms with Crippen LogP contribution in [-0.4, -0.2) is 36.7 Å². The number of ether oxygens (including phenoxy) is 1. The van der Waals surface area contributed by atoms with Gasteiger partial charge in [-0.3, -0.25) is 9.59 Å². The Hall–Kier alpha value is -1.10. The standard InChI is InChI=1S/C15H25NO4/c17-13(12-6-5-9-20-10-12)16-11-15(14(18)19)7-3-1-2-4-8-15/h12H,1-11H2,(H,16,17)(H,18,19). The monoisotopic (exact) mass is 283 g/mol. The van der Waals surface area contributed by atoms with Gasteiger partial charge in [0.1, 0.15) is 0 Å². The number of carbonyl (C=O) groups is 2. The quantitative estimate of drug-likeness (QED) is 0.773. The Morgan fingerprint density at radius 3 is 2.40 bits per heavy atom. The van der Waals surface area contributed by atoms with Crippen LogP contribution in [-0.2, 0) is 14.3 Å². The molecule has 1 heterocycles. The van der Waals surface area contributed by atoms with E-state index in [1.165, 1.54) is 0 Å². The predicted molar refractivity (Wildman–Crippen MR) is 74.3 cm³/mol. The maximum Gasteiger partial charge on any atom is 0.311 e. The topological polar surface area (TPSA) is 75.6 Å². The van der Waals surface area contributed by atoms with Crippen LogP contribution >= 0.6 is 0 Å². The molecule has 2 fully saturated rings. The average molecular weight is 283 g/mol. The molecule has 5 nitrogen and oxygen atoms in total. The summed E-state index contributed by atoms with van der Waals surface area (Å²) in [6.45, 7) is 1.45. The third kappa shape index (κ3) is 3.72. The lowest BCUT2D eigenvalue weighted by Crippen LogP contribution is -2.45. The van der Waals surface area contributed by atoms with E-state index in [9.17, 15) is 14.7 Å². The zero-order valence-corrected chi connectivity index (χ0v) is 12.0. The van der Waals surface area contributed by atoms with E-state index in [0.29, 0.717) is 19.4 Å². The molecule has 1 saturated carbocycles. The number of hydrogen-bond donors (Lipinski definition) is 2. The Bertz CT molecular complexity index is 342. The second-order valence-corrected chi connectivity index (χ2v) is 6.13. The van der Waals surface area contributed by atoms with Crippen molar-refractivity contribution in [2.75, 3.05) is 19.8 Å². The summed E-state index contributed by atoms with van der Waals surface area (Å²) in [4.78, 5) is 23.7. The minimum Gasteiger partial charge on any atom is -0.481 e. The molecule has 114 valence electrons. The SMILES string of the molecule is O=C(NCC1(C(=O)O)CCCCCC1)C1CCCOC1. The van der Waals surface area contributed by atoms with Crippen LogP contribution in [0.5, 0.6) is 0 Å². The molecule has 2 aliphatic rings. The molecule has 1 aliphatic heterocycles. The van der Waals surface area contributed by atoms with Crippen LogP contribution in [0.2, 0.25) is 0 Å². The molecule has 1 saturated heterocycles. The Labute approximate surface area is 120 Å². The Morgan fingerprint density at radius 2 is 1.85 bits per heavy atom. The smallest absolute Gasteiger partial charge is 0.311 e. The van der Waals surface area contributed by atoms with Crippen molar-refractivity contribution in [1.29, 1.82) is 0 Å². The first-order chi connectivity index (χ1) is 9.64. The van der Waals surface area contributed by atoms with Gasteiger partial charge in [-0.2, -0.15) is 0 Å². The van der Waals surface area contributed by atoms with Gasteiger partial charge in [-0.15, -0.1) is 0 Å². The molecule has 1 unspecified atom stereocenters. The van der Waals surface area contributed by atoms with Gasteiger partial charge in [0, 0.05) is 13.2 Å². The summed E-state index contributed by atoms with van der Waals surface area (Å²) in [5.74, 6) is -0.922. The summed E-state index contributed by atoms with van der Waals surface area (Å²) in [6, 6.07) is 0. The van der Waals surface area contributed by atoms with Gasteiger partial charge < -0.3 is 15.2 Å². The Balaban J connectivity index is 1.91. The van der Waals surface area contributed by atoms with Crippen LogP contribution in [0.3, 0.4) is 0 Å². The zero-order valence-electron chi connectivity index (χ0n) is 12.0. The molecule has 1 amide bonds. The largest absolute Gasteiger partial charge is 0.481 e. The summed E-state index contributed by atoms with van der Waals surface area (Å²) in [7, 11) is 0. The van der Waals surface area contributed by atoms with Gasteiger partial charge in [-0.05, 0) is 25.7 Å². The highest BCUT2D eigenvalue weighted by Gasteiger charge is 2.39. The summed E-state index contributed by atoms with van der Waals surface area (Å²) < 4.78 is 5.31. The normalized spacial score (nSPS) is 26.5. The summed E-state index contributed by atoms with van der Waals surface area (Å²) in [5, 5.41) is 12.4. The fraction of sp³-hybridized carbons (Fsp3) is 0.867. The van der Waals surface area contributed by atoms with Gasteiger partial charge in [-0.25, -0.2) is 0 Å². The van der Waals surface area contributed by atoms with Crippen LogP contribution in [0.1, 0.15) is 51.4 Å². The maximum atomic E-state index is 12.1. The highest BCUT2D eigenvalue weighted by atomic mass is 16.5. The molecular weight excluding hydrogens is 258 g/mol. The van der Waals surface area contributed by atoms with Gasteiger partial charge in [0.05, 0.1) is 17.9 Å². The number of nitrogens with one attached hydrogen (secondary N) is 1. The van der Waals surface area contributed by atoms with Crippen LogP contribution in [0.15, 0.2) is 0 Å². The van der Waals surface area contributed by atoms with Crippen LogP contribution in [0, 0.1) is 11.3 Å². The highest BCUT2D eigenvalue weighted by molar-refractivity contribution is 5.80. The second-order valence-electron chi connectivity index (χ2n) is 6.13. The van der Waals surface area contributed by atoms with Gasteiger partial charge in [0.2, 0.25) is 5.91 Å². The first kappa shape index (κ1) is 15.3. The third-order valence-electron chi connectivity index (χ3n) is 4.65. The third-order valence-corrected chi connectivity index (χ3v) is 4.65. The molecule has 1 aliphatic carbocycles. The molecule has 5 heteroatoms. The molecular formula is C15H25NO4. The lowest BCUT2D eigenvalue weighted by atomic mass is 9.80. The van der Waals surface area contributed by atoms with Crippen LogP contribution in [0.4, 0.5) is 0 Å². The molecule has 0 aromatic heterocycles. The summed E-state index contributed by atoms with van der Waals surface area (Å²) >= 11 is 0. The van der Waals surface area contributed by atoms with Crippen molar-refractivity contribution in [2.45, 2.75) is 51.4 Å². The van der Waals surface area contributed by atoms with E-state index in [4.69, 9.17) is 4.74 Å². The maximum absolute atomic E-state index is 12.1.